The van der Waals surface area contributed by atoms with Gasteiger partial charge in [0.05, 0.1) is 0 Å². The predicted octanol–water partition coefficient (Wildman–Crippen LogP) is 3.09. The highest BCUT2D eigenvalue weighted by Crippen LogP contribution is 2.21. The van der Waals surface area contributed by atoms with E-state index in [2.05, 4.69) is 4.99 Å². The van der Waals surface area contributed by atoms with E-state index in [0.717, 1.165) is 0 Å². The minimum Gasteiger partial charge on any atom is -0.402 e. The second-order valence-corrected chi connectivity index (χ2v) is 5.68. The predicted molar refractivity (Wildman–Crippen MR) is 96.8 cm³/mol. The number of benzene rings is 2. The highest BCUT2D eigenvalue weighted by Gasteiger charge is 2.25. The molecule has 26 heavy (non-hydrogen) atoms. The maximum atomic E-state index is 12.1. The molecule has 0 saturated carbocycles. The summed E-state index contributed by atoms with van der Waals surface area (Å²) in [5.74, 6) is -0.808. The lowest BCUT2D eigenvalue weighted by Crippen LogP contribution is -2.23. The maximum Gasteiger partial charge on any atom is 0.365 e. The van der Waals surface area contributed by atoms with Gasteiger partial charge < -0.3 is 4.74 Å². The number of esters is 1. The van der Waals surface area contributed by atoms with Gasteiger partial charge in [-0.15, -0.1) is 0 Å². The summed E-state index contributed by atoms with van der Waals surface area (Å²) in [4.78, 5) is 41.0. The molecule has 3 rings (SSSR count). The standard InChI is InChI=1S/C20H16N2O4/c1-13(23)15-8-10-17(11-9-15)22(14(2)24)12-18-20(25)26-19(21-18)16-6-4-3-5-7-16/h3-12H,1-2H3/b18-12-. The van der Waals surface area contributed by atoms with E-state index >= 15 is 0 Å². The summed E-state index contributed by atoms with van der Waals surface area (Å²) in [7, 11) is 0. The first-order chi connectivity index (χ1) is 12.5. The van der Waals surface area contributed by atoms with Crippen LogP contribution in [-0.2, 0) is 14.3 Å². The summed E-state index contributed by atoms with van der Waals surface area (Å²) >= 11 is 0. The second-order valence-electron chi connectivity index (χ2n) is 5.68. The zero-order chi connectivity index (χ0) is 18.7. The molecule has 0 bridgehead atoms. The minimum absolute atomic E-state index is 0.0229. The van der Waals surface area contributed by atoms with E-state index in [1.807, 2.05) is 18.2 Å². The van der Waals surface area contributed by atoms with Crippen LogP contribution in [0.2, 0.25) is 0 Å². The Morgan fingerprint density at radius 1 is 1.00 bits per heavy atom. The van der Waals surface area contributed by atoms with Gasteiger partial charge in [0.2, 0.25) is 11.8 Å². The van der Waals surface area contributed by atoms with Crippen molar-refractivity contribution in [3.05, 3.63) is 77.6 Å². The van der Waals surface area contributed by atoms with Gasteiger partial charge in [0.25, 0.3) is 0 Å². The lowest BCUT2D eigenvalue weighted by Gasteiger charge is -2.16. The molecule has 0 unspecified atom stereocenters. The molecule has 0 fully saturated rings. The van der Waals surface area contributed by atoms with E-state index in [-0.39, 0.29) is 23.3 Å². The number of carbonyl (C=O) groups excluding carboxylic acids is 3. The number of ketones is 1. The molecule has 0 atom stereocenters. The smallest absolute Gasteiger partial charge is 0.365 e. The Balaban J connectivity index is 1.94. The van der Waals surface area contributed by atoms with E-state index < -0.39 is 5.97 Å². The largest absolute Gasteiger partial charge is 0.402 e. The lowest BCUT2D eigenvalue weighted by molar-refractivity contribution is -0.130. The molecular formula is C20H16N2O4. The maximum absolute atomic E-state index is 12.1. The molecule has 130 valence electrons. The molecule has 0 aliphatic carbocycles. The fourth-order valence-electron chi connectivity index (χ4n) is 2.43. The molecule has 0 saturated heterocycles. The van der Waals surface area contributed by atoms with Crippen molar-refractivity contribution < 1.29 is 19.1 Å². The number of nitrogens with zero attached hydrogens (tertiary/aromatic N) is 2. The average molecular weight is 348 g/mol. The van der Waals surface area contributed by atoms with Gasteiger partial charge in [0, 0.05) is 29.9 Å². The van der Waals surface area contributed by atoms with E-state index in [1.54, 1.807) is 36.4 Å². The molecule has 1 amide bonds. The van der Waals surface area contributed by atoms with Crippen LogP contribution >= 0.6 is 0 Å². The first-order valence-electron chi connectivity index (χ1n) is 7.94. The SMILES string of the molecule is CC(=O)c1ccc(N(/C=C2\N=C(c3ccccc3)OC2=O)C(C)=O)cc1. The molecule has 6 nitrogen and oxygen atoms in total. The van der Waals surface area contributed by atoms with E-state index in [0.29, 0.717) is 16.8 Å². The van der Waals surface area contributed by atoms with Crippen LogP contribution in [0, 0.1) is 0 Å². The first-order valence-corrected chi connectivity index (χ1v) is 7.94. The van der Waals surface area contributed by atoms with E-state index in [9.17, 15) is 14.4 Å². The summed E-state index contributed by atoms with van der Waals surface area (Å²) in [6.07, 6.45) is 1.34. The number of Topliss-reactive ketones (excluding diaryl/α,β-unsaturated/α-hetero) is 1. The number of hydrogen-bond donors (Lipinski definition) is 0. The van der Waals surface area contributed by atoms with Crippen LogP contribution in [0.3, 0.4) is 0 Å². The normalized spacial score (nSPS) is 14.8. The number of aliphatic imine (C=N–C) groups is 1. The van der Waals surface area contributed by atoms with Crippen LogP contribution in [-0.4, -0.2) is 23.6 Å². The molecule has 2 aromatic carbocycles. The fraction of sp³-hybridized carbons (Fsp3) is 0.100. The number of anilines is 1. The number of cyclic esters (lactones) is 1. The lowest BCUT2D eigenvalue weighted by atomic mass is 10.1. The van der Waals surface area contributed by atoms with Crippen molar-refractivity contribution in [3.8, 4) is 0 Å². The minimum atomic E-state index is -0.629. The highest BCUT2D eigenvalue weighted by molar-refractivity contribution is 6.11. The van der Waals surface area contributed by atoms with Crippen LogP contribution < -0.4 is 4.90 Å². The van der Waals surface area contributed by atoms with Crippen molar-refractivity contribution in [1.82, 2.24) is 0 Å². The molecular weight excluding hydrogens is 332 g/mol. The van der Waals surface area contributed by atoms with Crippen molar-refractivity contribution in [2.45, 2.75) is 13.8 Å². The quantitative estimate of drug-likeness (QED) is 0.483. The summed E-state index contributed by atoms with van der Waals surface area (Å²) in [5.41, 5.74) is 1.75. The number of amides is 1. The van der Waals surface area contributed by atoms with Gasteiger partial charge in [-0.1, -0.05) is 18.2 Å². The molecule has 0 aromatic heterocycles. The third-order valence-electron chi connectivity index (χ3n) is 3.78. The number of ether oxygens (including phenoxy) is 1. The van der Waals surface area contributed by atoms with E-state index in [1.165, 1.54) is 24.9 Å². The summed E-state index contributed by atoms with van der Waals surface area (Å²) in [6, 6.07) is 15.5. The molecule has 0 radical (unpaired) electrons. The topological polar surface area (TPSA) is 76.0 Å². The van der Waals surface area contributed by atoms with E-state index in [4.69, 9.17) is 4.74 Å². The summed E-state index contributed by atoms with van der Waals surface area (Å²) in [6.45, 7) is 2.84. The third kappa shape index (κ3) is 3.59. The van der Waals surface area contributed by atoms with Crippen LogP contribution in [0.5, 0.6) is 0 Å². The molecule has 1 heterocycles. The molecule has 6 heteroatoms. The summed E-state index contributed by atoms with van der Waals surface area (Å²) in [5, 5.41) is 0. The molecule has 0 N–H and O–H groups in total. The Hall–Kier alpha value is -3.54. The van der Waals surface area contributed by atoms with Gasteiger partial charge in [-0.2, -0.15) is 0 Å². The Kier molecular flexibility index (Phi) is 4.75. The van der Waals surface area contributed by atoms with Crippen LogP contribution in [0.4, 0.5) is 5.69 Å². The van der Waals surface area contributed by atoms with Gasteiger partial charge in [-0.05, 0) is 43.3 Å². The van der Waals surface area contributed by atoms with Gasteiger partial charge in [0.1, 0.15) is 0 Å². The Labute approximate surface area is 150 Å². The van der Waals surface area contributed by atoms with Crippen molar-refractivity contribution in [3.63, 3.8) is 0 Å². The Morgan fingerprint density at radius 2 is 1.65 bits per heavy atom. The third-order valence-corrected chi connectivity index (χ3v) is 3.78. The second kappa shape index (κ2) is 7.14. The van der Waals surface area contributed by atoms with Crippen LogP contribution in [0.15, 0.2) is 71.5 Å². The highest BCUT2D eigenvalue weighted by atomic mass is 16.6. The zero-order valence-corrected chi connectivity index (χ0v) is 14.3. The number of rotatable bonds is 4. The monoisotopic (exact) mass is 348 g/mol. The summed E-state index contributed by atoms with van der Waals surface area (Å²) < 4.78 is 5.19. The number of carbonyl (C=O) groups is 3. The van der Waals surface area contributed by atoms with Crippen molar-refractivity contribution in [2.24, 2.45) is 4.99 Å². The molecule has 0 spiro atoms. The molecule has 1 aliphatic rings. The van der Waals surface area contributed by atoms with Crippen LogP contribution in [0.25, 0.3) is 0 Å². The first kappa shape index (κ1) is 17.3. The molecule has 2 aromatic rings. The fourth-order valence-corrected chi connectivity index (χ4v) is 2.43. The zero-order valence-electron chi connectivity index (χ0n) is 14.3. The Morgan fingerprint density at radius 3 is 2.23 bits per heavy atom. The van der Waals surface area contributed by atoms with Gasteiger partial charge in [-0.3, -0.25) is 14.5 Å². The van der Waals surface area contributed by atoms with Crippen molar-refractivity contribution >= 4 is 29.2 Å². The van der Waals surface area contributed by atoms with Gasteiger partial charge in [0.15, 0.2) is 11.5 Å². The van der Waals surface area contributed by atoms with Crippen molar-refractivity contribution in [2.75, 3.05) is 4.90 Å². The van der Waals surface area contributed by atoms with Gasteiger partial charge >= 0.3 is 5.97 Å². The average Bonchev–Trinajstić information content (AvgIpc) is 3.01. The molecule has 1 aliphatic heterocycles. The van der Waals surface area contributed by atoms with Crippen molar-refractivity contribution in [1.29, 1.82) is 0 Å². The van der Waals surface area contributed by atoms with Gasteiger partial charge in [-0.25, -0.2) is 9.79 Å². The Bertz CT molecular complexity index is 928. The van der Waals surface area contributed by atoms with Crippen LogP contribution in [0.1, 0.15) is 29.8 Å². The number of hydrogen-bond acceptors (Lipinski definition) is 5.